The van der Waals surface area contributed by atoms with E-state index in [1.54, 1.807) is 6.26 Å². The first-order chi connectivity index (χ1) is 6.47. The van der Waals surface area contributed by atoms with Gasteiger partial charge in [0, 0.05) is 35.4 Å². The van der Waals surface area contributed by atoms with Crippen LogP contribution in [0.25, 0.3) is 0 Å². The molecule has 4 nitrogen and oxygen atoms in total. The van der Waals surface area contributed by atoms with Gasteiger partial charge >= 0.3 is 5.97 Å². The van der Waals surface area contributed by atoms with Crippen LogP contribution in [-0.2, 0) is 20.3 Å². The number of ether oxygens (including phenoxy) is 1. The Morgan fingerprint density at radius 2 is 2.21 bits per heavy atom. The largest absolute Gasteiger partial charge is 0.468 e. The molecule has 0 fully saturated rings. The van der Waals surface area contributed by atoms with Crippen LogP contribution in [0.1, 0.15) is 6.92 Å². The minimum atomic E-state index is -0.817. The molecule has 3 atom stereocenters. The number of hydrogen-bond donors (Lipinski definition) is 1. The van der Waals surface area contributed by atoms with Crippen molar-refractivity contribution in [2.24, 2.45) is 0 Å². The maximum Gasteiger partial charge on any atom is 0.320 e. The van der Waals surface area contributed by atoms with Crippen molar-refractivity contribution < 1.29 is 13.7 Å². The molecule has 0 saturated heterocycles. The smallest absolute Gasteiger partial charge is 0.320 e. The third-order valence-electron chi connectivity index (χ3n) is 1.59. The molecule has 0 aromatic heterocycles. The molecular weight excluding hydrogens is 270 g/mol. The SMILES string of the molecule is COC(=O)C(Br)CNC(C)CS(C)=O. The highest BCUT2D eigenvalue weighted by molar-refractivity contribution is 9.10. The lowest BCUT2D eigenvalue weighted by Crippen LogP contribution is -2.37. The summed E-state index contributed by atoms with van der Waals surface area (Å²) in [5, 5.41) is 3.09. The highest BCUT2D eigenvalue weighted by Crippen LogP contribution is 2.00. The molecule has 14 heavy (non-hydrogen) atoms. The van der Waals surface area contributed by atoms with E-state index in [1.165, 1.54) is 7.11 Å². The molecular formula is C8H16BrNO3S. The van der Waals surface area contributed by atoms with Crippen molar-refractivity contribution >= 4 is 32.7 Å². The summed E-state index contributed by atoms with van der Waals surface area (Å²) in [4.78, 5) is 10.6. The van der Waals surface area contributed by atoms with E-state index in [1.807, 2.05) is 6.92 Å². The average Bonchev–Trinajstić information content (AvgIpc) is 2.11. The topological polar surface area (TPSA) is 55.4 Å². The molecule has 1 N–H and O–H groups in total. The minimum absolute atomic E-state index is 0.130. The van der Waals surface area contributed by atoms with Gasteiger partial charge in [-0.1, -0.05) is 15.9 Å². The number of methoxy groups -OCH3 is 1. The van der Waals surface area contributed by atoms with E-state index in [9.17, 15) is 9.00 Å². The van der Waals surface area contributed by atoms with Crippen molar-refractivity contribution in [1.29, 1.82) is 0 Å². The average molecular weight is 286 g/mol. The van der Waals surface area contributed by atoms with Crippen LogP contribution in [0.3, 0.4) is 0 Å². The second-order valence-electron chi connectivity index (χ2n) is 3.04. The summed E-state index contributed by atoms with van der Waals surface area (Å²) >= 11 is 3.19. The monoisotopic (exact) mass is 285 g/mol. The zero-order valence-corrected chi connectivity index (χ0v) is 11.0. The molecule has 6 heteroatoms. The summed E-state index contributed by atoms with van der Waals surface area (Å²) in [6.45, 7) is 2.41. The number of nitrogens with one attached hydrogen (secondary N) is 1. The first-order valence-corrected chi connectivity index (χ1v) is 6.87. The zero-order valence-electron chi connectivity index (χ0n) is 8.58. The van der Waals surface area contributed by atoms with Crippen molar-refractivity contribution in [3.8, 4) is 0 Å². The lowest BCUT2D eigenvalue weighted by molar-refractivity contribution is -0.139. The highest BCUT2D eigenvalue weighted by atomic mass is 79.9. The van der Waals surface area contributed by atoms with Crippen molar-refractivity contribution in [2.75, 3.05) is 25.7 Å². The standard InChI is InChI=1S/C8H16BrNO3S/c1-6(5-14(3)12)10-4-7(9)8(11)13-2/h6-7,10H,4-5H2,1-3H3. The van der Waals surface area contributed by atoms with E-state index in [2.05, 4.69) is 26.0 Å². The Labute approximate surface area is 95.4 Å². The van der Waals surface area contributed by atoms with Crippen LogP contribution in [0.5, 0.6) is 0 Å². The van der Waals surface area contributed by atoms with Crippen molar-refractivity contribution in [3.63, 3.8) is 0 Å². The Balaban J connectivity index is 3.71. The fourth-order valence-electron chi connectivity index (χ4n) is 0.927. The third kappa shape index (κ3) is 6.50. The molecule has 0 spiro atoms. The predicted molar refractivity (Wildman–Crippen MR) is 61.1 cm³/mol. The van der Waals surface area contributed by atoms with Crippen molar-refractivity contribution in [2.45, 2.75) is 17.8 Å². The third-order valence-corrected chi connectivity index (χ3v) is 3.25. The molecule has 0 amide bonds. The number of rotatable bonds is 6. The van der Waals surface area contributed by atoms with Gasteiger partial charge in [0.05, 0.1) is 7.11 Å². The molecule has 0 aliphatic heterocycles. The first-order valence-electron chi connectivity index (χ1n) is 4.22. The van der Waals surface area contributed by atoms with Gasteiger partial charge in [-0.15, -0.1) is 0 Å². The van der Waals surface area contributed by atoms with Gasteiger partial charge in [0.2, 0.25) is 0 Å². The molecule has 0 saturated carbocycles. The Morgan fingerprint density at radius 3 is 2.64 bits per heavy atom. The molecule has 0 aromatic carbocycles. The maximum absolute atomic E-state index is 11.0. The van der Waals surface area contributed by atoms with Crippen LogP contribution < -0.4 is 5.32 Å². The van der Waals surface area contributed by atoms with Gasteiger partial charge in [0.25, 0.3) is 0 Å². The van der Waals surface area contributed by atoms with E-state index in [0.29, 0.717) is 12.3 Å². The van der Waals surface area contributed by atoms with Gasteiger partial charge in [0.1, 0.15) is 4.83 Å². The normalized spacial score (nSPS) is 17.1. The van der Waals surface area contributed by atoms with Gasteiger partial charge in [0.15, 0.2) is 0 Å². The Bertz CT molecular complexity index is 213. The predicted octanol–water partition coefficient (Wildman–Crippen LogP) is 0.279. The van der Waals surface area contributed by atoms with Crippen LogP contribution in [0.15, 0.2) is 0 Å². The molecule has 0 aliphatic carbocycles. The second-order valence-corrected chi connectivity index (χ2v) is 5.62. The van der Waals surface area contributed by atoms with E-state index >= 15 is 0 Å². The second kappa shape index (κ2) is 7.36. The lowest BCUT2D eigenvalue weighted by atomic mass is 10.3. The fourth-order valence-corrected chi connectivity index (χ4v) is 2.12. The van der Waals surface area contributed by atoms with E-state index in [4.69, 9.17) is 0 Å². The number of esters is 1. The Kier molecular flexibility index (Phi) is 7.40. The molecule has 0 bridgehead atoms. The van der Waals surface area contributed by atoms with Gasteiger partial charge in [-0.2, -0.15) is 0 Å². The van der Waals surface area contributed by atoms with Crippen LogP contribution >= 0.6 is 15.9 Å². The van der Waals surface area contributed by atoms with Gasteiger partial charge in [-0.25, -0.2) is 0 Å². The van der Waals surface area contributed by atoms with E-state index < -0.39 is 10.8 Å². The van der Waals surface area contributed by atoms with Crippen molar-refractivity contribution in [1.82, 2.24) is 5.32 Å². The minimum Gasteiger partial charge on any atom is -0.468 e. The van der Waals surface area contributed by atoms with Gasteiger partial charge in [-0.3, -0.25) is 9.00 Å². The molecule has 84 valence electrons. The lowest BCUT2D eigenvalue weighted by Gasteiger charge is -2.14. The summed E-state index contributed by atoms with van der Waals surface area (Å²) in [5.74, 6) is 0.281. The number of carbonyl (C=O) groups is 1. The molecule has 0 radical (unpaired) electrons. The summed E-state index contributed by atoms with van der Waals surface area (Å²) in [5.41, 5.74) is 0. The number of carbonyl (C=O) groups excluding carboxylic acids is 1. The Hall–Kier alpha value is 0.0600. The van der Waals surface area contributed by atoms with Crippen LogP contribution in [0.4, 0.5) is 0 Å². The maximum atomic E-state index is 11.0. The van der Waals surface area contributed by atoms with Crippen molar-refractivity contribution in [3.05, 3.63) is 0 Å². The molecule has 0 rings (SSSR count). The fraction of sp³-hybridized carbons (Fsp3) is 0.875. The number of hydrogen-bond acceptors (Lipinski definition) is 4. The quantitative estimate of drug-likeness (QED) is 0.563. The van der Waals surface area contributed by atoms with Crippen LogP contribution in [-0.4, -0.2) is 46.7 Å². The highest BCUT2D eigenvalue weighted by Gasteiger charge is 2.15. The van der Waals surface area contributed by atoms with Gasteiger partial charge < -0.3 is 10.1 Å². The molecule has 0 aromatic rings. The molecule has 0 aliphatic rings. The number of alkyl halides is 1. The molecule has 3 unspecified atom stereocenters. The summed E-state index contributed by atoms with van der Waals surface area (Å²) in [7, 11) is 0.531. The van der Waals surface area contributed by atoms with E-state index in [-0.39, 0.29) is 16.8 Å². The Morgan fingerprint density at radius 1 is 1.64 bits per heavy atom. The van der Waals surface area contributed by atoms with Crippen LogP contribution in [0.2, 0.25) is 0 Å². The first kappa shape index (κ1) is 14.1. The van der Waals surface area contributed by atoms with Gasteiger partial charge in [-0.05, 0) is 6.92 Å². The number of halogens is 1. The van der Waals surface area contributed by atoms with Crippen LogP contribution in [0, 0.1) is 0 Å². The molecule has 0 heterocycles. The van der Waals surface area contributed by atoms with E-state index in [0.717, 1.165) is 0 Å². The summed E-state index contributed by atoms with van der Waals surface area (Å²) in [6.07, 6.45) is 1.66. The zero-order chi connectivity index (χ0) is 11.1. The summed E-state index contributed by atoms with van der Waals surface area (Å²) in [6, 6.07) is 0.130. The summed E-state index contributed by atoms with van der Waals surface area (Å²) < 4.78 is 15.4.